The summed E-state index contributed by atoms with van der Waals surface area (Å²) in [5, 5.41) is 2.91. The molecule has 0 atom stereocenters. The van der Waals surface area contributed by atoms with Crippen LogP contribution in [0.15, 0.2) is 48.5 Å². The molecule has 2 aromatic carbocycles. The maximum Gasteiger partial charge on any atom is 0.255 e. The number of carbonyl (C=O) groups is 2. The highest BCUT2D eigenvalue weighted by molar-refractivity contribution is 6.04. The average molecular weight is 323 g/mol. The van der Waals surface area contributed by atoms with Crippen molar-refractivity contribution >= 4 is 23.7 Å². The number of amides is 2. The highest BCUT2D eigenvalue weighted by Gasteiger charge is 2.15. The molecule has 0 unspecified atom stereocenters. The molecule has 2 amide bonds. The number of nitrogens with one attached hydrogen (secondary N) is 1. The fraction of sp³-hybridized carbons (Fsp3) is 0.263. The second-order valence-corrected chi connectivity index (χ2v) is 6.00. The van der Waals surface area contributed by atoms with E-state index in [1.165, 1.54) is 0 Å². The number of carbonyl (C=O) groups excluding carboxylic acids is 2. The Morgan fingerprint density at radius 2 is 1.58 bits per heavy atom. The van der Waals surface area contributed by atoms with E-state index in [-0.39, 0.29) is 5.91 Å². The molecule has 0 spiro atoms. The lowest BCUT2D eigenvalue weighted by atomic mass is 10.1. The van der Waals surface area contributed by atoms with E-state index >= 15 is 0 Å². The number of rotatable bonds is 4. The zero-order valence-corrected chi connectivity index (χ0v) is 13.7. The molecule has 0 saturated carbocycles. The van der Waals surface area contributed by atoms with Crippen molar-refractivity contribution in [2.45, 2.75) is 6.92 Å². The molecule has 1 aliphatic rings. The predicted octanol–water partition coefficient (Wildman–Crippen LogP) is 2.53. The van der Waals surface area contributed by atoms with Crippen molar-refractivity contribution < 1.29 is 9.59 Å². The molecular weight excluding hydrogens is 302 g/mol. The number of piperazine rings is 1. The minimum absolute atomic E-state index is 0.109. The first-order valence-electron chi connectivity index (χ1n) is 8.08. The molecule has 0 aliphatic carbocycles. The van der Waals surface area contributed by atoms with Crippen LogP contribution in [-0.2, 0) is 4.79 Å². The third-order valence-corrected chi connectivity index (χ3v) is 4.27. The third kappa shape index (κ3) is 3.74. The molecule has 3 rings (SSSR count). The smallest absolute Gasteiger partial charge is 0.255 e. The van der Waals surface area contributed by atoms with Gasteiger partial charge in [-0.15, -0.1) is 0 Å². The summed E-state index contributed by atoms with van der Waals surface area (Å²) >= 11 is 0. The number of hydrogen-bond donors (Lipinski definition) is 1. The molecule has 0 aromatic heterocycles. The Bertz CT molecular complexity index is 702. The Morgan fingerprint density at radius 1 is 0.958 bits per heavy atom. The molecule has 1 fully saturated rings. The molecule has 1 N–H and O–H groups in total. The lowest BCUT2D eigenvalue weighted by Gasteiger charge is -2.34. The third-order valence-electron chi connectivity index (χ3n) is 4.27. The topological polar surface area (TPSA) is 52.7 Å². The maximum absolute atomic E-state index is 12.2. The molecule has 124 valence electrons. The fourth-order valence-corrected chi connectivity index (χ4v) is 2.75. The van der Waals surface area contributed by atoms with E-state index in [1.807, 2.05) is 55.5 Å². The predicted molar refractivity (Wildman–Crippen MR) is 95.4 cm³/mol. The second-order valence-electron chi connectivity index (χ2n) is 6.00. The molecule has 5 heteroatoms. The summed E-state index contributed by atoms with van der Waals surface area (Å²) in [6.07, 6.45) is 0.904. The number of anilines is 2. The largest absolute Gasteiger partial charge is 0.368 e. The first kappa shape index (κ1) is 16.1. The Labute approximate surface area is 141 Å². The summed E-state index contributed by atoms with van der Waals surface area (Å²) in [5.74, 6) is -0.109. The van der Waals surface area contributed by atoms with Crippen molar-refractivity contribution in [3.8, 4) is 0 Å². The summed E-state index contributed by atoms with van der Waals surface area (Å²) in [6, 6.07) is 15.3. The molecule has 5 nitrogen and oxygen atoms in total. The molecule has 0 radical (unpaired) electrons. The van der Waals surface area contributed by atoms with Crippen LogP contribution in [0.2, 0.25) is 0 Å². The Kier molecular flexibility index (Phi) is 4.79. The summed E-state index contributed by atoms with van der Waals surface area (Å²) in [4.78, 5) is 27.0. The van der Waals surface area contributed by atoms with Crippen molar-refractivity contribution in [1.29, 1.82) is 0 Å². The summed E-state index contributed by atoms with van der Waals surface area (Å²) in [6.45, 7) is 5.14. The minimum Gasteiger partial charge on any atom is -0.368 e. The normalized spacial score (nSPS) is 14.4. The lowest BCUT2D eigenvalue weighted by Crippen LogP contribution is -2.45. The van der Waals surface area contributed by atoms with Crippen LogP contribution in [0.4, 0.5) is 11.4 Å². The molecule has 24 heavy (non-hydrogen) atoms. The average Bonchev–Trinajstić information content (AvgIpc) is 2.63. The van der Waals surface area contributed by atoms with Gasteiger partial charge >= 0.3 is 0 Å². The first-order valence-corrected chi connectivity index (χ1v) is 8.08. The van der Waals surface area contributed by atoms with Crippen molar-refractivity contribution in [3.05, 3.63) is 59.7 Å². The summed E-state index contributed by atoms with van der Waals surface area (Å²) < 4.78 is 0. The standard InChI is InChI=1S/C19H21N3O2/c1-15-2-4-16(5-3-15)19(24)20-17-6-8-18(9-7-17)22-12-10-21(14-23)11-13-22/h2-9,14H,10-13H2,1H3,(H,20,24). The SMILES string of the molecule is Cc1ccc(C(=O)Nc2ccc(N3CCN(C=O)CC3)cc2)cc1. The van der Waals surface area contributed by atoms with Crippen LogP contribution in [0, 0.1) is 6.92 Å². The van der Waals surface area contributed by atoms with E-state index < -0.39 is 0 Å². The Balaban J connectivity index is 1.61. The van der Waals surface area contributed by atoms with Gasteiger partial charge in [0.2, 0.25) is 6.41 Å². The molecule has 0 bridgehead atoms. The second kappa shape index (κ2) is 7.17. The molecule has 1 saturated heterocycles. The minimum atomic E-state index is -0.109. The van der Waals surface area contributed by atoms with Gasteiger partial charge in [0, 0.05) is 43.1 Å². The zero-order valence-electron chi connectivity index (χ0n) is 13.7. The lowest BCUT2D eigenvalue weighted by molar-refractivity contribution is -0.118. The van der Waals surface area contributed by atoms with Gasteiger partial charge in [-0.1, -0.05) is 17.7 Å². The Morgan fingerprint density at radius 3 is 2.17 bits per heavy atom. The van der Waals surface area contributed by atoms with Gasteiger partial charge in [-0.3, -0.25) is 9.59 Å². The number of hydrogen-bond acceptors (Lipinski definition) is 3. The van der Waals surface area contributed by atoms with Crippen LogP contribution >= 0.6 is 0 Å². The molecule has 1 aliphatic heterocycles. The van der Waals surface area contributed by atoms with E-state index in [4.69, 9.17) is 0 Å². The van der Waals surface area contributed by atoms with Gasteiger partial charge in [-0.25, -0.2) is 0 Å². The quantitative estimate of drug-likeness (QED) is 0.880. The van der Waals surface area contributed by atoms with Crippen molar-refractivity contribution in [3.63, 3.8) is 0 Å². The summed E-state index contributed by atoms with van der Waals surface area (Å²) in [7, 11) is 0. The van der Waals surface area contributed by atoms with E-state index in [9.17, 15) is 9.59 Å². The summed E-state index contributed by atoms with van der Waals surface area (Å²) in [5.41, 5.74) is 3.66. The van der Waals surface area contributed by atoms with E-state index in [0.717, 1.165) is 49.5 Å². The Hall–Kier alpha value is -2.82. The first-order chi connectivity index (χ1) is 11.7. The highest BCUT2D eigenvalue weighted by Crippen LogP contribution is 2.20. The van der Waals surface area contributed by atoms with Crippen LogP contribution in [-0.4, -0.2) is 43.4 Å². The van der Waals surface area contributed by atoms with Crippen LogP contribution in [0.3, 0.4) is 0 Å². The number of nitrogens with zero attached hydrogens (tertiary/aromatic N) is 2. The van der Waals surface area contributed by atoms with Crippen molar-refractivity contribution in [1.82, 2.24) is 4.90 Å². The van der Waals surface area contributed by atoms with Gasteiger partial charge in [-0.2, -0.15) is 0 Å². The van der Waals surface area contributed by atoms with Gasteiger partial charge < -0.3 is 15.1 Å². The molecule has 2 aromatic rings. The van der Waals surface area contributed by atoms with Gasteiger partial charge in [0.15, 0.2) is 0 Å². The monoisotopic (exact) mass is 323 g/mol. The van der Waals surface area contributed by atoms with Crippen molar-refractivity contribution in [2.75, 3.05) is 36.4 Å². The van der Waals surface area contributed by atoms with Gasteiger partial charge in [0.1, 0.15) is 0 Å². The van der Waals surface area contributed by atoms with E-state index in [1.54, 1.807) is 4.90 Å². The van der Waals surface area contributed by atoms with E-state index in [2.05, 4.69) is 10.2 Å². The highest BCUT2D eigenvalue weighted by atomic mass is 16.1. The van der Waals surface area contributed by atoms with Crippen molar-refractivity contribution in [2.24, 2.45) is 0 Å². The molecule has 1 heterocycles. The number of benzene rings is 2. The van der Waals surface area contributed by atoms with Gasteiger partial charge in [0.05, 0.1) is 0 Å². The van der Waals surface area contributed by atoms with Crippen LogP contribution in [0.1, 0.15) is 15.9 Å². The molecular formula is C19H21N3O2. The number of aryl methyl sites for hydroxylation is 1. The van der Waals surface area contributed by atoms with E-state index in [0.29, 0.717) is 5.56 Å². The van der Waals surface area contributed by atoms with Crippen LogP contribution in [0.5, 0.6) is 0 Å². The van der Waals surface area contributed by atoms with Crippen LogP contribution < -0.4 is 10.2 Å². The zero-order chi connectivity index (χ0) is 16.9. The maximum atomic E-state index is 12.2. The van der Waals surface area contributed by atoms with Crippen LogP contribution in [0.25, 0.3) is 0 Å². The fourth-order valence-electron chi connectivity index (χ4n) is 2.75. The van der Waals surface area contributed by atoms with Gasteiger partial charge in [0.25, 0.3) is 5.91 Å². The van der Waals surface area contributed by atoms with Gasteiger partial charge in [-0.05, 0) is 43.3 Å².